The number of unbranched alkanes of at least 4 members (excludes halogenated alkanes) is 2. The Morgan fingerprint density at radius 1 is 1.20 bits per heavy atom. The van der Waals surface area contributed by atoms with Crippen LogP contribution in [0.3, 0.4) is 0 Å². The maximum atomic E-state index is 11.2. The van der Waals surface area contributed by atoms with Gasteiger partial charge in [0.15, 0.2) is 0 Å². The Hall–Kier alpha value is -1.43. The van der Waals surface area contributed by atoms with Crippen molar-refractivity contribution in [1.29, 1.82) is 0 Å². The molecule has 0 atom stereocenters. The van der Waals surface area contributed by atoms with E-state index in [1.165, 1.54) is 0 Å². The molecule has 0 saturated heterocycles. The summed E-state index contributed by atoms with van der Waals surface area (Å²) in [5.41, 5.74) is -0.190. The van der Waals surface area contributed by atoms with Crippen molar-refractivity contribution in [2.75, 3.05) is 18.0 Å². The summed E-state index contributed by atoms with van der Waals surface area (Å²) in [7, 11) is 0. The van der Waals surface area contributed by atoms with Gasteiger partial charge in [0.05, 0.1) is 4.92 Å². The van der Waals surface area contributed by atoms with Gasteiger partial charge in [0.1, 0.15) is 5.82 Å². The zero-order chi connectivity index (χ0) is 15.1. The summed E-state index contributed by atoms with van der Waals surface area (Å²) in [6, 6.07) is 0. The Kier molecular flexibility index (Phi) is 6.64. The highest BCUT2D eigenvalue weighted by molar-refractivity contribution is 6.31. The minimum atomic E-state index is -0.498. The van der Waals surface area contributed by atoms with Gasteiger partial charge in [-0.1, -0.05) is 38.3 Å². The third-order valence-corrected chi connectivity index (χ3v) is 3.24. The van der Waals surface area contributed by atoms with E-state index in [1.807, 2.05) is 4.90 Å². The van der Waals surface area contributed by atoms with E-state index in [0.717, 1.165) is 38.8 Å². The lowest BCUT2D eigenvalue weighted by Gasteiger charge is -2.23. The number of aromatic nitrogens is 2. The zero-order valence-corrected chi connectivity index (χ0v) is 13.0. The van der Waals surface area contributed by atoms with Crippen molar-refractivity contribution in [3.05, 3.63) is 21.1 Å². The molecule has 0 radical (unpaired) electrons. The molecule has 1 aromatic heterocycles. The van der Waals surface area contributed by atoms with E-state index in [4.69, 9.17) is 11.6 Å². The SMILES string of the molecule is CCCCN(CCCC)c1nc(C)nc(Cl)c1[N+](=O)[O-]. The lowest BCUT2D eigenvalue weighted by atomic mass is 10.2. The van der Waals surface area contributed by atoms with Crippen LogP contribution in [0.2, 0.25) is 5.15 Å². The highest BCUT2D eigenvalue weighted by atomic mass is 35.5. The zero-order valence-electron chi connectivity index (χ0n) is 12.2. The molecule has 0 fully saturated rings. The van der Waals surface area contributed by atoms with E-state index in [1.54, 1.807) is 6.92 Å². The molecule has 1 rings (SSSR count). The third kappa shape index (κ3) is 4.30. The molecule has 20 heavy (non-hydrogen) atoms. The normalized spacial score (nSPS) is 10.6. The van der Waals surface area contributed by atoms with Gasteiger partial charge in [-0.3, -0.25) is 10.1 Å². The van der Waals surface area contributed by atoms with E-state index in [2.05, 4.69) is 23.8 Å². The van der Waals surface area contributed by atoms with Crippen LogP contribution in [0.5, 0.6) is 0 Å². The largest absolute Gasteiger partial charge is 0.351 e. The van der Waals surface area contributed by atoms with Crippen molar-refractivity contribution in [2.45, 2.75) is 46.5 Å². The van der Waals surface area contributed by atoms with Crippen molar-refractivity contribution >= 4 is 23.1 Å². The van der Waals surface area contributed by atoms with Crippen LogP contribution in [-0.2, 0) is 0 Å². The van der Waals surface area contributed by atoms with Gasteiger partial charge in [-0.2, -0.15) is 0 Å². The lowest BCUT2D eigenvalue weighted by molar-refractivity contribution is -0.384. The highest BCUT2D eigenvalue weighted by Crippen LogP contribution is 2.32. The topological polar surface area (TPSA) is 72.2 Å². The molecule has 0 aromatic carbocycles. The molecule has 0 spiro atoms. The second kappa shape index (κ2) is 7.99. The van der Waals surface area contributed by atoms with Crippen LogP contribution in [0.15, 0.2) is 0 Å². The molecule has 0 aliphatic carbocycles. The molecule has 0 aliphatic heterocycles. The third-order valence-electron chi connectivity index (χ3n) is 2.98. The Bertz CT molecular complexity index is 460. The summed E-state index contributed by atoms with van der Waals surface area (Å²) < 4.78 is 0. The van der Waals surface area contributed by atoms with Crippen molar-refractivity contribution in [2.24, 2.45) is 0 Å². The first-order chi connectivity index (χ1) is 9.51. The van der Waals surface area contributed by atoms with Crippen LogP contribution >= 0.6 is 11.6 Å². The van der Waals surface area contributed by atoms with Gasteiger partial charge in [-0.15, -0.1) is 0 Å². The maximum absolute atomic E-state index is 11.2. The fourth-order valence-electron chi connectivity index (χ4n) is 1.92. The lowest BCUT2D eigenvalue weighted by Crippen LogP contribution is -2.28. The predicted octanol–water partition coefficient (Wildman–Crippen LogP) is 3.75. The summed E-state index contributed by atoms with van der Waals surface area (Å²) >= 11 is 5.92. The minimum absolute atomic E-state index is 0.0875. The average Bonchev–Trinajstić information content (AvgIpc) is 2.37. The fraction of sp³-hybridized carbons (Fsp3) is 0.692. The van der Waals surface area contributed by atoms with Crippen LogP contribution in [0.1, 0.15) is 45.4 Å². The molecule has 1 aromatic rings. The van der Waals surface area contributed by atoms with E-state index in [9.17, 15) is 10.1 Å². The molecule has 0 amide bonds. The van der Waals surface area contributed by atoms with Crippen LogP contribution in [0.4, 0.5) is 11.5 Å². The number of aryl methyl sites for hydroxylation is 1. The molecule has 0 unspecified atom stereocenters. The van der Waals surface area contributed by atoms with Crippen molar-refractivity contribution < 1.29 is 4.92 Å². The monoisotopic (exact) mass is 300 g/mol. The van der Waals surface area contributed by atoms with E-state index >= 15 is 0 Å². The molecular weight excluding hydrogens is 280 g/mol. The van der Waals surface area contributed by atoms with Crippen LogP contribution in [0.25, 0.3) is 0 Å². The number of hydrogen-bond donors (Lipinski definition) is 0. The van der Waals surface area contributed by atoms with Gasteiger partial charge >= 0.3 is 5.69 Å². The number of anilines is 1. The molecule has 1 heterocycles. The van der Waals surface area contributed by atoms with E-state index < -0.39 is 4.92 Å². The van der Waals surface area contributed by atoms with Crippen molar-refractivity contribution in [3.63, 3.8) is 0 Å². The van der Waals surface area contributed by atoms with Gasteiger partial charge in [-0.25, -0.2) is 9.97 Å². The first kappa shape index (κ1) is 16.6. The molecule has 0 bridgehead atoms. The second-order valence-electron chi connectivity index (χ2n) is 4.69. The van der Waals surface area contributed by atoms with Gasteiger partial charge in [-0.05, 0) is 19.8 Å². The van der Waals surface area contributed by atoms with Gasteiger partial charge < -0.3 is 4.90 Å². The number of hydrogen-bond acceptors (Lipinski definition) is 5. The maximum Gasteiger partial charge on any atom is 0.348 e. The molecule has 6 nitrogen and oxygen atoms in total. The van der Waals surface area contributed by atoms with Gasteiger partial charge in [0, 0.05) is 13.1 Å². The second-order valence-corrected chi connectivity index (χ2v) is 5.04. The Labute approximate surface area is 124 Å². The van der Waals surface area contributed by atoms with E-state index in [-0.39, 0.29) is 10.8 Å². The summed E-state index contributed by atoms with van der Waals surface area (Å²) in [6.07, 6.45) is 3.96. The minimum Gasteiger partial charge on any atom is -0.351 e. The van der Waals surface area contributed by atoms with Crippen molar-refractivity contribution in [3.8, 4) is 0 Å². The fourth-order valence-corrected chi connectivity index (χ4v) is 2.19. The van der Waals surface area contributed by atoms with Crippen LogP contribution in [-0.4, -0.2) is 28.0 Å². The molecule has 0 saturated carbocycles. The highest BCUT2D eigenvalue weighted by Gasteiger charge is 2.26. The quantitative estimate of drug-likeness (QED) is 0.415. The Morgan fingerprint density at radius 3 is 2.20 bits per heavy atom. The summed E-state index contributed by atoms with van der Waals surface area (Å²) in [5, 5.41) is 11.1. The Morgan fingerprint density at radius 2 is 1.75 bits per heavy atom. The van der Waals surface area contributed by atoms with Gasteiger partial charge in [0.25, 0.3) is 0 Å². The predicted molar refractivity (Wildman–Crippen MR) is 80.5 cm³/mol. The van der Waals surface area contributed by atoms with Crippen LogP contribution < -0.4 is 4.90 Å². The van der Waals surface area contributed by atoms with Crippen molar-refractivity contribution in [1.82, 2.24) is 9.97 Å². The van der Waals surface area contributed by atoms with Crippen LogP contribution in [0, 0.1) is 17.0 Å². The standard InChI is InChI=1S/C13H21ClN4O2/c1-4-6-8-17(9-7-5-2)13-11(18(19)20)12(14)15-10(3)16-13/h4-9H2,1-3H3. The molecule has 0 aliphatic rings. The molecular formula is C13H21ClN4O2. The van der Waals surface area contributed by atoms with E-state index in [0.29, 0.717) is 11.6 Å². The first-order valence-corrected chi connectivity index (χ1v) is 7.32. The first-order valence-electron chi connectivity index (χ1n) is 6.94. The number of rotatable bonds is 8. The molecule has 7 heteroatoms. The smallest absolute Gasteiger partial charge is 0.348 e. The molecule has 112 valence electrons. The molecule has 0 N–H and O–H groups in total. The van der Waals surface area contributed by atoms with Gasteiger partial charge in [0.2, 0.25) is 11.0 Å². The number of nitro groups is 1. The Balaban J connectivity index is 3.18. The summed E-state index contributed by atoms with van der Waals surface area (Å²) in [5.74, 6) is 0.794. The summed E-state index contributed by atoms with van der Waals surface area (Å²) in [6.45, 7) is 7.35. The summed E-state index contributed by atoms with van der Waals surface area (Å²) in [4.78, 5) is 20.8. The number of halogens is 1. The number of nitrogens with zero attached hydrogens (tertiary/aromatic N) is 4. The average molecular weight is 301 g/mol.